The molecule has 1 unspecified atom stereocenters. The average Bonchev–Trinajstić information content (AvgIpc) is 3.03. The van der Waals surface area contributed by atoms with Crippen molar-refractivity contribution >= 4 is 24.2 Å². The number of piperidine rings is 2. The van der Waals surface area contributed by atoms with Crippen molar-refractivity contribution in [2.45, 2.75) is 38.5 Å². The van der Waals surface area contributed by atoms with Crippen LogP contribution >= 0.6 is 12.4 Å². The van der Waals surface area contributed by atoms with Crippen LogP contribution in [0.2, 0.25) is 0 Å². The molecule has 3 aliphatic rings. The van der Waals surface area contributed by atoms with E-state index in [1.807, 2.05) is 17.0 Å². The van der Waals surface area contributed by atoms with Gasteiger partial charge in [-0.15, -0.1) is 12.4 Å². The third-order valence-corrected chi connectivity index (χ3v) is 6.43. The van der Waals surface area contributed by atoms with E-state index < -0.39 is 0 Å². The van der Waals surface area contributed by atoms with Gasteiger partial charge in [0.1, 0.15) is 0 Å². The molecule has 3 saturated heterocycles. The van der Waals surface area contributed by atoms with E-state index in [4.69, 9.17) is 0 Å². The van der Waals surface area contributed by atoms with E-state index in [1.165, 1.54) is 18.4 Å². The van der Waals surface area contributed by atoms with Crippen LogP contribution in [0.25, 0.3) is 0 Å². The van der Waals surface area contributed by atoms with Crippen LogP contribution in [0.3, 0.4) is 0 Å². The minimum absolute atomic E-state index is 0. The zero-order valence-electron chi connectivity index (χ0n) is 15.8. The Kier molecular flexibility index (Phi) is 6.43. The van der Waals surface area contributed by atoms with Gasteiger partial charge in [0.05, 0.1) is 0 Å². The summed E-state index contributed by atoms with van der Waals surface area (Å²) >= 11 is 0. The van der Waals surface area contributed by atoms with Gasteiger partial charge in [0.2, 0.25) is 5.91 Å². The Labute approximate surface area is 167 Å². The van der Waals surface area contributed by atoms with Gasteiger partial charge in [0, 0.05) is 31.6 Å². The smallest absolute Gasteiger partial charge is 0.253 e. The predicted octanol–water partition coefficient (Wildman–Crippen LogP) is 2.39. The fourth-order valence-corrected chi connectivity index (χ4v) is 4.69. The second kappa shape index (κ2) is 8.61. The molecular weight excluding hydrogens is 362 g/mol. The number of halogens is 1. The Hall–Kier alpha value is -1.59. The standard InChI is InChI=1S/C21H29N3O2.ClH/c25-19-13-21(15-23-19)7-10-24(11-8-21)20(26)18-5-3-16(4-6-18)12-17-2-1-9-22-14-17;/h3-6,17,22H,1-2,7-15H2,(H,23,25);1H. The number of amides is 2. The molecule has 1 atom stereocenters. The Morgan fingerprint density at radius 2 is 1.93 bits per heavy atom. The van der Waals surface area contributed by atoms with Crippen molar-refractivity contribution < 1.29 is 9.59 Å². The molecule has 0 aromatic heterocycles. The zero-order chi connectivity index (χ0) is 18.0. The van der Waals surface area contributed by atoms with E-state index in [1.54, 1.807) is 0 Å². The van der Waals surface area contributed by atoms with Crippen molar-refractivity contribution in [3.05, 3.63) is 35.4 Å². The van der Waals surface area contributed by atoms with Crippen molar-refractivity contribution in [2.24, 2.45) is 11.3 Å². The van der Waals surface area contributed by atoms with Gasteiger partial charge in [0.15, 0.2) is 0 Å². The highest BCUT2D eigenvalue weighted by Gasteiger charge is 2.41. The number of hydrogen-bond donors (Lipinski definition) is 2. The largest absolute Gasteiger partial charge is 0.356 e. The molecule has 2 amide bonds. The summed E-state index contributed by atoms with van der Waals surface area (Å²) < 4.78 is 0. The van der Waals surface area contributed by atoms with E-state index >= 15 is 0 Å². The first-order valence-corrected chi connectivity index (χ1v) is 9.99. The maximum Gasteiger partial charge on any atom is 0.253 e. The number of nitrogens with zero attached hydrogens (tertiary/aromatic N) is 1. The van der Waals surface area contributed by atoms with Crippen LogP contribution in [0.4, 0.5) is 0 Å². The number of hydrogen-bond acceptors (Lipinski definition) is 3. The van der Waals surface area contributed by atoms with E-state index in [9.17, 15) is 9.59 Å². The van der Waals surface area contributed by atoms with Crippen LogP contribution in [-0.2, 0) is 11.2 Å². The maximum absolute atomic E-state index is 12.8. The van der Waals surface area contributed by atoms with Crippen LogP contribution in [0.1, 0.15) is 48.0 Å². The summed E-state index contributed by atoms with van der Waals surface area (Å²) in [5.41, 5.74) is 2.20. The van der Waals surface area contributed by atoms with Crippen LogP contribution in [-0.4, -0.2) is 49.4 Å². The Bertz CT molecular complexity index is 663. The molecule has 6 heteroatoms. The molecule has 3 heterocycles. The van der Waals surface area contributed by atoms with Crippen molar-refractivity contribution in [3.8, 4) is 0 Å². The van der Waals surface area contributed by atoms with Crippen molar-refractivity contribution in [1.29, 1.82) is 0 Å². The highest BCUT2D eigenvalue weighted by atomic mass is 35.5. The molecule has 3 fully saturated rings. The lowest BCUT2D eigenvalue weighted by molar-refractivity contribution is -0.119. The number of rotatable bonds is 3. The van der Waals surface area contributed by atoms with Gasteiger partial charge in [-0.05, 0) is 74.2 Å². The van der Waals surface area contributed by atoms with E-state index in [-0.39, 0.29) is 29.6 Å². The number of nitrogens with one attached hydrogen (secondary N) is 2. The van der Waals surface area contributed by atoms with Crippen molar-refractivity contribution in [2.75, 3.05) is 32.7 Å². The zero-order valence-corrected chi connectivity index (χ0v) is 16.7. The van der Waals surface area contributed by atoms with Gasteiger partial charge >= 0.3 is 0 Å². The Balaban J connectivity index is 0.00000210. The molecule has 3 aliphatic heterocycles. The SMILES string of the molecule is Cl.O=C1CC2(CCN(C(=O)c3ccc(CC4CCCNC4)cc3)CC2)CN1. The summed E-state index contributed by atoms with van der Waals surface area (Å²) in [6, 6.07) is 8.21. The van der Waals surface area contributed by atoms with Gasteiger partial charge in [-0.2, -0.15) is 0 Å². The molecule has 1 aromatic rings. The maximum atomic E-state index is 12.8. The van der Waals surface area contributed by atoms with E-state index in [0.29, 0.717) is 12.3 Å². The van der Waals surface area contributed by atoms with E-state index in [0.717, 1.165) is 57.5 Å². The topological polar surface area (TPSA) is 61.4 Å². The summed E-state index contributed by atoms with van der Waals surface area (Å²) in [5.74, 6) is 1.00. The summed E-state index contributed by atoms with van der Waals surface area (Å²) in [6.07, 6.45) is 6.11. The minimum atomic E-state index is 0. The lowest BCUT2D eigenvalue weighted by Gasteiger charge is -2.38. The Morgan fingerprint density at radius 3 is 2.52 bits per heavy atom. The number of carbonyl (C=O) groups excluding carboxylic acids is 2. The predicted molar refractivity (Wildman–Crippen MR) is 108 cm³/mol. The molecule has 1 spiro atoms. The van der Waals surface area contributed by atoms with Gasteiger partial charge in [-0.1, -0.05) is 12.1 Å². The average molecular weight is 392 g/mol. The number of benzene rings is 1. The molecule has 2 N–H and O–H groups in total. The molecule has 1 aromatic carbocycles. The molecule has 4 rings (SSSR count). The van der Waals surface area contributed by atoms with Crippen LogP contribution in [0.5, 0.6) is 0 Å². The van der Waals surface area contributed by atoms with Crippen LogP contribution in [0.15, 0.2) is 24.3 Å². The normalized spacial score (nSPS) is 24.4. The lowest BCUT2D eigenvalue weighted by Crippen LogP contribution is -2.44. The fourth-order valence-electron chi connectivity index (χ4n) is 4.69. The molecule has 27 heavy (non-hydrogen) atoms. The second-order valence-electron chi connectivity index (χ2n) is 8.36. The highest BCUT2D eigenvalue weighted by molar-refractivity contribution is 5.94. The van der Waals surface area contributed by atoms with Gasteiger partial charge in [-0.25, -0.2) is 0 Å². The molecular formula is C21H30ClN3O2. The van der Waals surface area contributed by atoms with Gasteiger partial charge < -0.3 is 15.5 Å². The van der Waals surface area contributed by atoms with Crippen molar-refractivity contribution in [3.63, 3.8) is 0 Å². The van der Waals surface area contributed by atoms with Crippen LogP contribution < -0.4 is 10.6 Å². The molecule has 0 radical (unpaired) electrons. The summed E-state index contributed by atoms with van der Waals surface area (Å²) in [4.78, 5) is 26.3. The lowest BCUT2D eigenvalue weighted by atomic mass is 9.77. The first-order valence-electron chi connectivity index (χ1n) is 9.99. The monoisotopic (exact) mass is 391 g/mol. The molecule has 0 aliphatic carbocycles. The fraction of sp³-hybridized carbons (Fsp3) is 0.619. The van der Waals surface area contributed by atoms with Crippen molar-refractivity contribution in [1.82, 2.24) is 15.5 Å². The van der Waals surface area contributed by atoms with Gasteiger partial charge in [0.25, 0.3) is 5.91 Å². The summed E-state index contributed by atoms with van der Waals surface area (Å²) in [6.45, 7) is 4.53. The van der Waals surface area contributed by atoms with Gasteiger partial charge in [-0.3, -0.25) is 9.59 Å². The first-order chi connectivity index (χ1) is 12.6. The molecule has 5 nitrogen and oxygen atoms in total. The third-order valence-electron chi connectivity index (χ3n) is 6.43. The third kappa shape index (κ3) is 4.64. The quantitative estimate of drug-likeness (QED) is 0.831. The summed E-state index contributed by atoms with van der Waals surface area (Å²) in [7, 11) is 0. The number of likely N-dealkylation sites (tertiary alicyclic amines) is 1. The van der Waals surface area contributed by atoms with Crippen LogP contribution in [0, 0.1) is 11.3 Å². The first kappa shape index (κ1) is 20.2. The minimum Gasteiger partial charge on any atom is -0.356 e. The Morgan fingerprint density at radius 1 is 1.19 bits per heavy atom. The molecule has 0 saturated carbocycles. The van der Waals surface area contributed by atoms with E-state index in [2.05, 4.69) is 22.8 Å². The summed E-state index contributed by atoms with van der Waals surface area (Å²) in [5, 5.41) is 6.41. The highest BCUT2D eigenvalue weighted by Crippen LogP contribution is 2.37. The number of carbonyl (C=O) groups is 2. The second-order valence-corrected chi connectivity index (χ2v) is 8.36. The molecule has 0 bridgehead atoms. The molecule has 148 valence electrons.